The lowest BCUT2D eigenvalue weighted by molar-refractivity contribution is 0.354. The molecule has 0 spiro atoms. The van der Waals surface area contributed by atoms with Crippen LogP contribution in [0, 0.1) is 0 Å². The summed E-state index contributed by atoms with van der Waals surface area (Å²) in [6.45, 7) is 2.19. The molecule has 15 heavy (non-hydrogen) atoms. The molecule has 1 aromatic rings. The third-order valence-electron chi connectivity index (χ3n) is 3.02. The summed E-state index contributed by atoms with van der Waals surface area (Å²) in [5, 5.41) is 0.106. The summed E-state index contributed by atoms with van der Waals surface area (Å²) in [6.07, 6.45) is 0.993. The number of hydrogen-bond acceptors (Lipinski definition) is 2. The van der Waals surface area contributed by atoms with Gasteiger partial charge in [0, 0.05) is 0 Å². The Morgan fingerprint density at radius 1 is 1.13 bits per heavy atom. The molecule has 0 amide bonds. The highest BCUT2D eigenvalue weighted by Gasteiger charge is 2.28. The van der Waals surface area contributed by atoms with Crippen molar-refractivity contribution in [3.8, 4) is 11.5 Å². The number of rotatable bonds is 2. The van der Waals surface area contributed by atoms with Gasteiger partial charge in [-0.2, -0.15) is 0 Å². The first kappa shape index (κ1) is 10.6. The van der Waals surface area contributed by atoms with Crippen molar-refractivity contribution in [2.24, 2.45) is 0 Å². The summed E-state index contributed by atoms with van der Waals surface area (Å²) < 4.78 is 10.5. The Bertz CT molecular complexity index is 341. The number of methoxy groups -OCH3 is 2. The molecule has 0 heterocycles. The van der Waals surface area contributed by atoms with Crippen LogP contribution in [0.2, 0.25) is 0 Å². The Balaban J connectivity index is 2.53. The van der Waals surface area contributed by atoms with Crippen LogP contribution in [0.1, 0.15) is 35.8 Å². The molecular weight excluding hydrogens is 212 g/mol. The fourth-order valence-corrected chi connectivity index (χ4v) is 2.63. The first-order valence-electron chi connectivity index (χ1n) is 5.07. The molecule has 2 rings (SSSR count). The van der Waals surface area contributed by atoms with Crippen molar-refractivity contribution in [3.63, 3.8) is 0 Å². The maximum Gasteiger partial charge on any atom is 0.161 e. The van der Waals surface area contributed by atoms with Gasteiger partial charge in [-0.15, -0.1) is 11.6 Å². The predicted molar refractivity (Wildman–Crippen MR) is 61.2 cm³/mol. The molecule has 0 N–H and O–H groups in total. The lowest BCUT2D eigenvalue weighted by Gasteiger charge is -2.12. The number of ether oxygens (including phenoxy) is 2. The third kappa shape index (κ3) is 1.67. The Morgan fingerprint density at radius 2 is 1.67 bits per heavy atom. The van der Waals surface area contributed by atoms with E-state index in [1.807, 2.05) is 12.1 Å². The minimum absolute atomic E-state index is 0.106. The number of benzene rings is 1. The molecule has 82 valence electrons. The van der Waals surface area contributed by atoms with Crippen LogP contribution in [-0.4, -0.2) is 14.2 Å². The normalized spacial score (nSPS) is 23.7. The number of hydrogen-bond donors (Lipinski definition) is 0. The van der Waals surface area contributed by atoms with E-state index in [1.54, 1.807) is 14.2 Å². The lowest BCUT2D eigenvalue weighted by Crippen LogP contribution is -1.94. The Hall–Kier alpha value is -0.890. The van der Waals surface area contributed by atoms with E-state index in [9.17, 15) is 0 Å². The number of halogens is 1. The Morgan fingerprint density at radius 3 is 2.20 bits per heavy atom. The van der Waals surface area contributed by atoms with Gasteiger partial charge < -0.3 is 9.47 Å². The summed E-state index contributed by atoms with van der Waals surface area (Å²) in [7, 11) is 3.30. The zero-order valence-corrected chi connectivity index (χ0v) is 9.97. The van der Waals surface area contributed by atoms with Gasteiger partial charge in [-0.25, -0.2) is 0 Å². The van der Waals surface area contributed by atoms with Crippen LogP contribution in [0.4, 0.5) is 0 Å². The maximum absolute atomic E-state index is 6.27. The predicted octanol–water partition coefficient (Wildman–Crippen LogP) is 3.49. The molecule has 0 fully saturated rings. The van der Waals surface area contributed by atoms with Crippen molar-refractivity contribution >= 4 is 11.6 Å². The summed E-state index contributed by atoms with van der Waals surface area (Å²) >= 11 is 6.27. The van der Waals surface area contributed by atoms with Crippen LogP contribution in [0.15, 0.2) is 12.1 Å². The molecule has 1 aliphatic carbocycles. The average Bonchev–Trinajstić information content (AvgIpc) is 2.52. The second-order valence-corrected chi connectivity index (χ2v) is 4.47. The van der Waals surface area contributed by atoms with Gasteiger partial charge in [0.15, 0.2) is 11.5 Å². The summed E-state index contributed by atoms with van der Waals surface area (Å²) in [4.78, 5) is 0. The van der Waals surface area contributed by atoms with E-state index in [-0.39, 0.29) is 5.38 Å². The molecule has 0 bridgehead atoms. The zero-order chi connectivity index (χ0) is 11.0. The summed E-state index contributed by atoms with van der Waals surface area (Å²) in [5.74, 6) is 2.05. The fourth-order valence-electron chi connectivity index (χ4n) is 2.17. The third-order valence-corrected chi connectivity index (χ3v) is 3.43. The minimum atomic E-state index is 0.106. The number of fused-ring (bicyclic) bond motifs is 1. The van der Waals surface area contributed by atoms with E-state index < -0.39 is 0 Å². The number of alkyl halides is 1. The van der Waals surface area contributed by atoms with Crippen molar-refractivity contribution in [1.82, 2.24) is 0 Å². The van der Waals surface area contributed by atoms with Crippen LogP contribution in [0.5, 0.6) is 11.5 Å². The molecule has 0 aliphatic heterocycles. The van der Waals surface area contributed by atoms with Gasteiger partial charge in [-0.05, 0) is 35.6 Å². The van der Waals surface area contributed by atoms with Crippen LogP contribution in [-0.2, 0) is 0 Å². The Labute approximate surface area is 95.1 Å². The van der Waals surface area contributed by atoms with Crippen molar-refractivity contribution < 1.29 is 9.47 Å². The van der Waals surface area contributed by atoms with E-state index in [1.165, 1.54) is 11.1 Å². The smallest absolute Gasteiger partial charge is 0.161 e. The van der Waals surface area contributed by atoms with Crippen LogP contribution >= 0.6 is 11.6 Å². The highest BCUT2D eigenvalue weighted by Crippen LogP contribution is 2.47. The van der Waals surface area contributed by atoms with Gasteiger partial charge in [-0.3, -0.25) is 0 Å². The molecule has 2 unspecified atom stereocenters. The lowest BCUT2D eigenvalue weighted by atomic mass is 10.0. The van der Waals surface area contributed by atoms with E-state index in [0.717, 1.165) is 17.9 Å². The molecule has 2 nitrogen and oxygen atoms in total. The molecular formula is C12H15ClO2. The fraction of sp³-hybridized carbons (Fsp3) is 0.500. The highest BCUT2D eigenvalue weighted by atomic mass is 35.5. The second-order valence-electron chi connectivity index (χ2n) is 3.94. The zero-order valence-electron chi connectivity index (χ0n) is 9.21. The maximum atomic E-state index is 6.27. The van der Waals surface area contributed by atoms with Crippen molar-refractivity contribution in [2.45, 2.75) is 24.6 Å². The van der Waals surface area contributed by atoms with Gasteiger partial charge in [0.1, 0.15) is 0 Å². The van der Waals surface area contributed by atoms with E-state index in [4.69, 9.17) is 21.1 Å². The minimum Gasteiger partial charge on any atom is -0.493 e. The van der Waals surface area contributed by atoms with E-state index >= 15 is 0 Å². The van der Waals surface area contributed by atoms with Crippen LogP contribution in [0.3, 0.4) is 0 Å². The largest absolute Gasteiger partial charge is 0.493 e. The highest BCUT2D eigenvalue weighted by molar-refractivity contribution is 6.21. The van der Waals surface area contributed by atoms with Gasteiger partial charge in [0.25, 0.3) is 0 Å². The summed E-state index contributed by atoms with van der Waals surface area (Å²) in [5.41, 5.74) is 2.47. The molecule has 0 radical (unpaired) electrons. The molecule has 0 saturated carbocycles. The van der Waals surface area contributed by atoms with Gasteiger partial charge >= 0.3 is 0 Å². The molecule has 1 aliphatic rings. The first-order valence-corrected chi connectivity index (χ1v) is 5.51. The molecule has 0 saturated heterocycles. The van der Waals surface area contributed by atoms with Crippen LogP contribution in [0.25, 0.3) is 0 Å². The first-order chi connectivity index (χ1) is 7.17. The molecule has 3 heteroatoms. The SMILES string of the molecule is COc1cc2c(cc1OC)C(Cl)CC2C. The van der Waals surface area contributed by atoms with Crippen LogP contribution < -0.4 is 9.47 Å². The second kappa shape index (κ2) is 3.93. The average molecular weight is 227 g/mol. The van der Waals surface area contributed by atoms with Gasteiger partial charge in [-0.1, -0.05) is 6.92 Å². The van der Waals surface area contributed by atoms with Gasteiger partial charge in [0.05, 0.1) is 19.6 Å². The topological polar surface area (TPSA) is 18.5 Å². The van der Waals surface area contributed by atoms with E-state index in [2.05, 4.69) is 6.92 Å². The van der Waals surface area contributed by atoms with Gasteiger partial charge in [0.2, 0.25) is 0 Å². The quantitative estimate of drug-likeness (QED) is 0.719. The molecule has 1 aromatic carbocycles. The van der Waals surface area contributed by atoms with Crippen molar-refractivity contribution in [3.05, 3.63) is 23.3 Å². The molecule has 0 aromatic heterocycles. The summed E-state index contributed by atoms with van der Waals surface area (Å²) in [6, 6.07) is 4.04. The standard InChI is InChI=1S/C12H15ClO2/c1-7-4-10(13)9-6-12(15-3)11(14-2)5-8(7)9/h5-7,10H,4H2,1-3H3. The van der Waals surface area contributed by atoms with Crippen molar-refractivity contribution in [2.75, 3.05) is 14.2 Å². The Kier molecular flexibility index (Phi) is 2.79. The van der Waals surface area contributed by atoms with E-state index in [0.29, 0.717) is 5.92 Å². The molecule has 2 atom stereocenters. The van der Waals surface area contributed by atoms with Crippen molar-refractivity contribution in [1.29, 1.82) is 0 Å². The monoisotopic (exact) mass is 226 g/mol.